The van der Waals surface area contributed by atoms with Crippen LogP contribution in [0.15, 0.2) is 41.7 Å². The van der Waals surface area contributed by atoms with Crippen LogP contribution < -0.4 is 14.8 Å². The lowest BCUT2D eigenvalue weighted by Crippen LogP contribution is -2.41. The van der Waals surface area contributed by atoms with E-state index in [0.29, 0.717) is 41.4 Å². The van der Waals surface area contributed by atoms with Gasteiger partial charge in [-0.05, 0) is 31.7 Å². The Morgan fingerprint density at radius 3 is 2.77 bits per heavy atom. The van der Waals surface area contributed by atoms with E-state index in [-0.39, 0.29) is 18.5 Å². The lowest BCUT2D eigenvalue weighted by Gasteiger charge is -2.38. The van der Waals surface area contributed by atoms with Gasteiger partial charge in [-0.25, -0.2) is 0 Å². The molecule has 1 aromatic carbocycles. The fourth-order valence-corrected chi connectivity index (χ4v) is 4.80. The van der Waals surface area contributed by atoms with E-state index in [2.05, 4.69) is 11.9 Å². The summed E-state index contributed by atoms with van der Waals surface area (Å²) in [5.41, 5.74) is 2.69. The van der Waals surface area contributed by atoms with E-state index in [1.165, 1.54) is 0 Å². The van der Waals surface area contributed by atoms with Gasteiger partial charge >= 0.3 is 5.97 Å². The third kappa shape index (κ3) is 4.06. The molecule has 1 saturated heterocycles. The second kappa shape index (κ2) is 9.14. The Balaban J connectivity index is 1.76. The zero-order valence-corrected chi connectivity index (χ0v) is 18.1. The molecule has 2 aliphatic heterocycles. The van der Waals surface area contributed by atoms with Gasteiger partial charge < -0.3 is 24.3 Å². The zero-order valence-electron chi connectivity index (χ0n) is 18.1. The zero-order chi connectivity index (χ0) is 22.0. The molecule has 0 amide bonds. The molecule has 3 unspecified atom stereocenters. The number of methoxy groups -OCH3 is 2. The molecule has 2 heterocycles. The summed E-state index contributed by atoms with van der Waals surface area (Å²) in [5, 5.41) is 3.23. The quantitative estimate of drug-likeness (QED) is 0.698. The summed E-state index contributed by atoms with van der Waals surface area (Å²) in [6, 6.07) is 5.50. The van der Waals surface area contributed by atoms with Gasteiger partial charge in [0.05, 0.1) is 20.3 Å². The Bertz CT molecular complexity index is 915. The number of Topliss-reactive ketones (excluding diaryl/α,β-unsaturated/α-hetero) is 1. The summed E-state index contributed by atoms with van der Waals surface area (Å²) in [6.45, 7) is 5.01. The molecule has 31 heavy (non-hydrogen) atoms. The number of hydrogen-bond acceptors (Lipinski definition) is 7. The third-order valence-electron chi connectivity index (χ3n) is 6.25. The molecule has 7 heteroatoms. The van der Waals surface area contributed by atoms with Crippen LogP contribution in [0.25, 0.3) is 0 Å². The molecule has 0 aromatic heterocycles. The minimum absolute atomic E-state index is 0.0352. The second-order valence-electron chi connectivity index (χ2n) is 8.12. The number of carbonyl (C=O) groups excluding carboxylic acids is 2. The lowest BCUT2D eigenvalue weighted by molar-refractivity contribution is -0.151. The number of rotatable bonds is 6. The van der Waals surface area contributed by atoms with Crippen LogP contribution in [0.4, 0.5) is 0 Å². The Hall–Kier alpha value is -2.80. The van der Waals surface area contributed by atoms with E-state index in [4.69, 9.17) is 18.9 Å². The highest BCUT2D eigenvalue weighted by molar-refractivity contribution is 6.00. The maximum Gasteiger partial charge on any atom is 0.315 e. The van der Waals surface area contributed by atoms with E-state index in [0.717, 1.165) is 31.4 Å². The van der Waals surface area contributed by atoms with E-state index in [1.807, 2.05) is 12.1 Å². The summed E-state index contributed by atoms with van der Waals surface area (Å²) in [6.07, 6.45) is 3.72. The first-order valence-corrected chi connectivity index (χ1v) is 10.8. The first-order valence-electron chi connectivity index (χ1n) is 10.8. The van der Waals surface area contributed by atoms with Crippen molar-refractivity contribution in [3.8, 4) is 11.5 Å². The number of ether oxygens (including phenoxy) is 4. The third-order valence-corrected chi connectivity index (χ3v) is 6.25. The summed E-state index contributed by atoms with van der Waals surface area (Å²) in [4.78, 5) is 26.3. The molecular weight excluding hydrogens is 398 g/mol. The molecule has 4 rings (SSSR count). The van der Waals surface area contributed by atoms with Crippen molar-refractivity contribution in [2.75, 3.05) is 27.4 Å². The smallest absolute Gasteiger partial charge is 0.315 e. The first-order chi connectivity index (χ1) is 15.0. The molecule has 3 atom stereocenters. The van der Waals surface area contributed by atoms with Crippen molar-refractivity contribution in [3.05, 3.63) is 47.3 Å². The van der Waals surface area contributed by atoms with Gasteiger partial charge in [-0.3, -0.25) is 9.59 Å². The van der Waals surface area contributed by atoms with Crippen LogP contribution >= 0.6 is 0 Å². The molecular formula is C24H29NO6. The van der Waals surface area contributed by atoms with Crippen LogP contribution in [-0.2, 0) is 19.1 Å². The average molecular weight is 427 g/mol. The van der Waals surface area contributed by atoms with Gasteiger partial charge in [0.15, 0.2) is 17.3 Å². The normalized spacial score (nSPS) is 25.7. The van der Waals surface area contributed by atoms with Gasteiger partial charge in [0.1, 0.15) is 12.5 Å². The highest BCUT2D eigenvalue weighted by Gasteiger charge is 2.45. The molecule has 166 valence electrons. The van der Waals surface area contributed by atoms with E-state index in [9.17, 15) is 9.59 Å². The van der Waals surface area contributed by atoms with Crippen molar-refractivity contribution in [1.82, 2.24) is 5.32 Å². The molecule has 1 aromatic rings. The Kier molecular flexibility index (Phi) is 6.32. The van der Waals surface area contributed by atoms with Crippen LogP contribution in [-0.4, -0.2) is 45.3 Å². The maximum atomic E-state index is 13.3. The van der Waals surface area contributed by atoms with Crippen molar-refractivity contribution in [2.45, 2.75) is 44.1 Å². The van der Waals surface area contributed by atoms with Crippen LogP contribution in [0.3, 0.4) is 0 Å². The number of ketones is 1. The minimum atomic E-state index is -0.761. The van der Waals surface area contributed by atoms with E-state index in [1.54, 1.807) is 20.3 Å². The predicted molar refractivity (Wildman–Crippen MR) is 114 cm³/mol. The molecule has 0 bridgehead atoms. The van der Waals surface area contributed by atoms with Gasteiger partial charge in [-0.2, -0.15) is 0 Å². The Morgan fingerprint density at radius 2 is 2.06 bits per heavy atom. The van der Waals surface area contributed by atoms with Gasteiger partial charge in [-0.1, -0.05) is 18.7 Å². The number of nitrogens with one attached hydrogen (secondary N) is 1. The van der Waals surface area contributed by atoms with Gasteiger partial charge in [-0.15, -0.1) is 0 Å². The Morgan fingerprint density at radius 1 is 1.23 bits per heavy atom. The van der Waals surface area contributed by atoms with Crippen LogP contribution in [0.1, 0.15) is 43.6 Å². The molecule has 1 aliphatic carbocycles. The lowest BCUT2D eigenvalue weighted by atomic mass is 9.71. The molecule has 0 radical (unpaired) electrons. The fraction of sp³-hybridized carbons (Fsp3) is 0.500. The standard InChI is InChI=1S/C24H29NO6/c1-14-20(24(27)31-13-15-7-6-12-30-15)21(22-17(25-14)9-5-10-18(22)26)16-8-4-11-19(28-2)23(16)29-3/h4,8,11,15,20-21,25H,1,5-7,9-10,12-13H2,2-3H3. The number of allylic oxidation sites excluding steroid dienone is 2. The van der Waals surface area contributed by atoms with Crippen LogP contribution in [0.5, 0.6) is 11.5 Å². The van der Waals surface area contributed by atoms with Crippen molar-refractivity contribution < 1.29 is 28.5 Å². The first kappa shape index (κ1) is 21.4. The van der Waals surface area contributed by atoms with E-state index < -0.39 is 17.8 Å². The highest BCUT2D eigenvalue weighted by atomic mass is 16.6. The number of para-hydroxylation sites is 1. The van der Waals surface area contributed by atoms with Crippen molar-refractivity contribution in [3.63, 3.8) is 0 Å². The van der Waals surface area contributed by atoms with Gasteiger partial charge in [0.25, 0.3) is 0 Å². The summed E-state index contributed by atoms with van der Waals surface area (Å²) < 4.78 is 22.4. The van der Waals surface area contributed by atoms with Crippen molar-refractivity contribution >= 4 is 11.8 Å². The van der Waals surface area contributed by atoms with Crippen molar-refractivity contribution in [2.24, 2.45) is 5.92 Å². The summed E-state index contributed by atoms with van der Waals surface area (Å²) in [7, 11) is 3.12. The summed E-state index contributed by atoms with van der Waals surface area (Å²) in [5.74, 6) is -0.657. The predicted octanol–water partition coefficient (Wildman–Crippen LogP) is 3.25. The SMILES string of the molecule is C=C1NC2=C(C(=O)CCC2)C(c2cccc(OC)c2OC)C1C(=O)OCC1CCCO1. The van der Waals surface area contributed by atoms with Crippen LogP contribution in [0, 0.1) is 5.92 Å². The molecule has 0 saturated carbocycles. The number of esters is 1. The number of carbonyl (C=O) groups is 2. The van der Waals surface area contributed by atoms with Gasteiger partial charge in [0, 0.05) is 41.5 Å². The van der Waals surface area contributed by atoms with E-state index >= 15 is 0 Å². The topological polar surface area (TPSA) is 83.1 Å². The van der Waals surface area contributed by atoms with Crippen LogP contribution in [0.2, 0.25) is 0 Å². The monoisotopic (exact) mass is 427 g/mol. The molecule has 7 nitrogen and oxygen atoms in total. The average Bonchev–Trinajstić information content (AvgIpc) is 3.29. The Labute approximate surface area is 182 Å². The molecule has 3 aliphatic rings. The largest absolute Gasteiger partial charge is 0.493 e. The van der Waals surface area contributed by atoms with Crippen molar-refractivity contribution in [1.29, 1.82) is 0 Å². The number of benzene rings is 1. The maximum absolute atomic E-state index is 13.3. The van der Waals surface area contributed by atoms with Gasteiger partial charge in [0.2, 0.25) is 0 Å². The summed E-state index contributed by atoms with van der Waals surface area (Å²) >= 11 is 0. The second-order valence-corrected chi connectivity index (χ2v) is 8.12. The highest BCUT2D eigenvalue weighted by Crippen LogP contribution is 2.48. The number of hydrogen-bond donors (Lipinski definition) is 1. The molecule has 0 spiro atoms. The molecule has 1 N–H and O–H groups in total. The molecule has 1 fully saturated rings. The minimum Gasteiger partial charge on any atom is -0.493 e. The fourth-order valence-electron chi connectivity index (χ4n) is 4.80.